The van der Waals surface area contributed by atoms with Gasteiger partial charge >= 0.3 is 0 Å². The Bertz CT molecular complexity index is 554. The summed E-state index contributed by atoms with van der Waals surface area (Å²) in [6.07, 6.45) is 6.89. The molecular formula is C12H14N6. The van der Waals surface area contributed by atoms with Crippen molar-refractivity contribution in [3.8, 4) is 6.07 Å². The van der Waals surface area contributed by atoms with E-state index < -0.39 is 0 Å². The van der Waals surface area contributed by atoms with Crippen LogP contribution in [-0.2, 0) is 6.54 Å². The van der Waals surface area contributed by atoms with Crippen LogP contribution in [0.5, 0.6) is 0 Å². The van der Waals surface area contributed by atoms with Crippen molar-refractivity contribution in [2.45, 2.75) is 19.5 Å². The molecule has 0 aromatic carbocycles. The second kappa shape index (κ2) is 5.19. The second-order valence-electron chi connectivity index (χ2n) is 4.08. The van der Waals surface area contributed by atoms with Crippen molar-refractivity contribution in [3.05, 3.63) is 36.5 Å². The van der Waals surface area contributed by atoms with Crippen LogP contribution in [0.3, 0.4) is 0 Å². The van der Waals surface area contributed by atoms with Crippen molar-refractivity contribution < 1.29 is 0 Å². The number of anilines is 2. The van der Waals surface area contributed by atoms with E-state index in [1.54, 1.807) is 18.6 Å². The smallest absolute Gasteiger partial charge is 0.149 e. The van der Waals surface area contributed by atoms with Gasteiger partial charge in [0.2, 0.25) is 0 Å². The van der Waals surface area contributed by atoms with Crippen LogP contribution in [0, 0.1) is 11.3 Å². The zero-order valence-corrected chi connectivity index (χ0v) is 10.0. The van der Waals surface area contributed by atoms with Crippen LogP contribution in [0.25, 0.3) is 0 Å². The summed E-state index contributed by atoms with van der Waals surface area (Å²) in [6, 6.07) is 3.77. The summed E-state index contributed by atoms with van der Waals surface area (Å²) in [7, 11) is 0. The maximum absolute atomic E-state index is 8.73. The number of hydrogen-bond acceptors (Lipinski definition) is 5. The highest BCUT2D eigenvalue weighted by atomic mass is 15.1. The fraction of sp³-hybridized carbons (Fsp3) is 0.250. The van der Waals surface area contributed by atoms with Crippen molar-refractivity contribution >= 4 is 11.5 Å². The number of nitrogen functional groups attached to an aromatic ring is 1. The highest BCUT2D eigenvalue weighted by molar-refractivity contribution is 5.63. The van der Waals surface area contributed by atoms with Crippen molar-refractivity contribution in [2.24, 2.45) is 0 Å². The van der Waals surface area contributed by atoms with E-state index in [0.29, 0.717) is 17.1 Å². The zero-order valence-electron chi connectivity index (χ0n) is 10.0. The van der Waals surface area contributed by atoms with E-state index >= 15 is 0 Å². The number of hydrogen-bond donors (Lipinski definition) is 2. The molecule has 1 atom stereocenters. The molecule has 0 aliphatic carbocycles. The molecule has 6 nitrogen and oxygen atoms in total. The lowest BCUT2D eigenvalue weighted by Crippen LogP contribution is -2.22. The Hall–Kier alpha value is -2.55. The first-order valence-electron chi connectivity index (χ1n) is 5.57. The van der Waals surface area contributed by atoms with E-state index in [0.717, 1.165) is 6.54 Å². The Morgan fingerprint density at radius 3 is 3.06 bits per heavy atom. The summed E-state index contributed by atoms with van der Waals surface area (Å²) in [4.78, 5) is 8.12. The van der Waals surface area contributed by atoms with Gasteiger partial charge in [0.1, 0.15) is 11.9 Å². The van der Waals surface area contributed by atoms with Crippen LogP contribution >= 0.6 is 0 Å². The van der Waals surface area contributed by atoms with Crippen molar-refractivity contribution in [3.63, 3.8) is 0 Å². The molecule has 2 aromatic heterocycles. The number of nitriles is 1. The van der Waals surface area contributed by atoms with Crippen LogP contribution in [0.15, 0.2) is 31.0 Å². The fourth-order valence-electron chi connectivity index (χ4n) is 1.65. The van der Waals surface area contributed by atoms with E-state index in [4.69, 9.17) is 11.0 Å². The molecule has 2 heterocycles. The van der Waals surface area contributed by atoms with Crippen molar-refractivity contribution in [1.29, 1.82) is 5.26 Å². The molecule has 0 saturated carbocycles. The van der Waals surface area contributed by atoms with E-state index in [1.165, 1.54) is 6.20 Å². The first kappa shape index (κ1) is 11.9. The van der Waals surface area contributed by atoms with E-state index in [9.17, 15) is 0 Å². The molecule has 2 rings (SSSR count). The average Bonchev–Trinajstić information content (AvgIpc) is 2.84. The summed E-state index contributed by atoms with van der Waals surface area (Å²) >= 11 is 0. The van der Waals surface area contributed by atoms with Crippen LogP contribution in [0.4, 0.5) is 11.5 Å². The number of imidazole rings is 1. The third-order valence-electron chi connectivity index (χ3n) is 2.47. The van der Waals surface area contributed by atoms with Gasteiger partial charge in [-0.3, -0.25) is 0 Å². The topological polar surface area (TPSA) is 92.5 Å². The molecule has 0 spiro atoms. The first-order chi connectivity index (χ1) is 8.69. The molecule has 0 radical (unpaired) electrons. The third kappa shape index (κ3) is 2.77. The molecule has 0 fully saturated rings. The molecule has 0 aliphatic heterocycles. The summed E-state index contributed by atoms with van der Waals surface area (Å²) in [6.45, 7) is 2.79. The standard InChI is InChI=1S/C12H14N6/c1-9(7-18-3-2-15-8-18)17-12-11(14)4-10(5-13)6-16-12/h2-4,6,8-9H,7,14H2,1H3,(H,16,17). The minimum Gasteiger partial charge on any atom is -0.396 e. The van der Waals surface area contributed by atoms with Crippen LogP contribution in [0.1, 0.15) is 12.5 Å². The zero-order chi connectivity index (χ0) is 13.0. The molecule has 0 saturated heterocycles. The van der Waals surface area contributed by atoms with E-state index in [-0.39, 0.29) is 6.04 Å². The lowest BCUT2D eigenvalue weighted by atomic mass is 10.2. The average molecular weight is 242 g/mol. The van der Waals surface area contributed by atoms with Gasteiger partial charge in [-0.1, -0.05) is 0 Å². The summed E-state index contributed by atoms with van der Waals surface area (Å²) < 4.78 is 1.97. The summed E-state index contributed by atoms with van der Waals surface area (Å²) in [5.74, 6) is 0.599. The number of nitrogens with one attached hydrogen (secondary N) is 1. The number of rotatable bonds is 4. The Balaban J connectivity index is 2.03. The van der Waals surface area contributed by atoms with Gasteiger partial charge in [-0.15, -0.1) is 0 Å². The minimum absolute atomic E-state index is 0.155. The molecule has 0 bridgehead atoms. The normalized spacial score (nSPS) is 11.8. The fourth-order valence-corrected chi connectivity index (χ4v) is 1.65. The Kier molecular flexibility index (Phi) is 3.44. The van der Waals surface area contributed by atoms with Crippen LogP contribution in [0.2, 0.25) is 0 Å². The number of nitrogens with two attached hydrogens (primary N) is 1. The molecule has 6 heteroatoms. The SMILES string of the molecule is CC(Cn1ccnc1)Nc1ncc(C#N)cc1N. The van der Waals surface area contributed by atoms with Gasteiger partial charge in [-0.25, -0.2) is 9.97 Å². The first-order valence-corrected chi connectivity index (χ1v) is 5.57. The maximum atomic E-state index is 8.73. The monoisotopic (exact) mass is 242 g/mol. The van der Waals surface area contributed by atoms with Gasteiger partial charge in [0.05, 0.1) is 17.6 Å². The molecule has 3 N–H and O–H groups in total. The molecule has 0 amide bonds. The largest absolute Gasteiger partial charge is 0.396 e. The highest BCUT2D eigenvalue weighted by Crippen LogP contribution is 2.17. The lowest BCUT2D eigenvalue weighted by Gasteiger charge is -2.16. The number of aromatic nitrogens is 3. The molecule has 2 aromatic rings. The van der Waals surface area contributed by atoms with Gasteiger partial charge in [0.15, 0.2) is 0 Å². The lowest BCUT2D eigenvalue weighted by molar-refractivity contribution is 0.617. The highest BCUT2D eigenvalue weighted by Gasteiger charge is 2.07. The maximum Gasteiger partial charge on any atom is 0.149 e. The Labute approximate surface area is 105 Å². The predicted molar refractivity (Wildman–Crippen MR) is 68.7 cm³/mol. The van der Waals surface area contributed by atoms with Gasteiger partial charge in [0.25, 0.3) is 0 Å². The van der Waals surface area contributed by atoms with Gasteiger partial charge < -0.3 is 15.6 Å². The molecular weight excluding hydrogens is 228 g/mol. The summed E-state index contributed by atoms with van der Waals surface area (Å²) in [5.41, 5.74) is 6.76. The Morgan fingerprint density at radius 1 is 1.61 bits per heavy atom. The van der Waals surface area contributed by atoms with Gasteiger partial charge in [-0.2, -0.15) is 5.26 Å². The number of nitrogens with zero attached hydrogens (tertiary/aromatic N) is 4. The Morgan fingerprint density at radius 2 is 2.44 bits per heavy atom. The van der Waals surface area contributed by atoms with Crippen molar-refractivity contribution in [1.82, 2.24) is 14.5 Å². The second-order valence-corrected chi connectivity index (χ2v) is 4.08. The van der Waals surface area contributed by atoms with E-state index in [1.807, 2.05) is 23.8 Å². The molecule has 0 aliphatic rings. The quantitative estimate of drug-likeness (QED) is 0.841. The van der Waals surface area contributed by atoms with E-state index in [2.05, 4.69) is 15.3 Å². The van der Waals surface area contributed by atoms with Gasteiger partial charge in [-0.05, 0) is 13.0 Å². The molecule has 18 heavy (non-hydrogen) atoms. The van der Waals surface area contributed by atoms with Crippen molar-refractivity contribution in [2.75, 3.05) is 11.1 Å². The molecule has 92 valence electrons. The minimum atomic E-state index is 0.155. The summed E-state index contributed by atoms with van der Waals surface area (Å²) in [5, 5.41) is 11.9. The third-order valence-corrected chi connectivity index (χ3v) is 2.47. The van der Waals surface area contributed by atoms with Crippen LogP contribution in [-0.4, -0.2) is 20.6 Å². The molecule has 1 unspecified atom stereocenters. The predicted octanol–water partition coefficient (Wildman–Crippen LogP) is 1.23. The van der Waals surface area contributed by atoms with Crippen LogP contribution < -0.4 is 11.1 Å². The number of pyridine rings is 1. The van der Waals surface area contributed by atoms with Gasteiger partial charge in [0, 0.05) is 31.2 Å².